The molecule has 0 bridgehead atoms. The third-order valence-corrected chi connectivity index (χ3v) is 3.31. The molecule has 1 N–H and O–H groups in total. The van der Waals surface area contributed by atoms with Gasteiger partial charge in [-0.1, -0.05) is 34.7 Å². The highest BCUT2D eigenvalue weighted by atomic mass is 127. The maximum atomic E-state index is 11.9. The van der Waals surface area contributed by atoms with E-state index in [2.05, 4.69) is 37.9 Å². The van der Waals surface area contributed by atoms with Gasteiger partial charge < -0.3 is 10.1 Å². The molecule has 0 radical (unpaired) electrons. The molecule has 1 aliphatic heterocycles. The first kappa shape index (κ1) is 15.9. The predicted octanol–water partition coefficient (Wildman–Crippen LogP) is 2.19. The highest BCUT2D eigenvalue weighted by Crippen LogP contribution is 2.19. The number of rotatable bonds is 2. The van der Waals surface area contributed by atoms with Crippen molar-refractivity contribution in [1.29, 1.82) is 0 Å². The number of nitrogens with zero attached hydrogens (tertiary/aromatic N) is 2. The molecule has 0 aromatic carbocycles. The summed E-state index contributed by atoms with van der Waals surface area (Å²) in [6.07, 6.45) is 5.00. The van der Waals surface area contributed by atoms with Gasteiger partial charge in [-0.15, -0.1) is 0 Å². The summed E-state index contributed by atoms with van der Waals surface area (Å²) in [5.41, 5.74) is 0.527. The van der Waals surface area contributed by atoms with Crippen molar-refractivity contribution in [3.8, 4) is 0 Å². The van der Waals surface area contributed by atoms with Crippen molar-refractivity contribution >= 4 is 46.1 Å². The topological polar surface area (TPSA) is 80.1 Å². The van der Waals surface area contributed by atoms with Gasteiger partial charge in [0.1, 0.15) is 5.60 Å². The SMILES string of the molecule is CC(C)(C)OC(=O)NCC1=NC(=O)C2=CC(I)C=CC2=N1. The van der Waals surface area contributed by atoms with Gasteiger partial charge in [-0.2, -0.15) is 4.99 Å². The predicted molar refractivity (Wildman–Crippen MR) is 89.1 cm³/mol. The van der Waals surface area contributed by atoms with Crippen molar-refractivity contribution in [2.75, 3.05) is 6.54 Å². The van der Waals surface area contributed by atoms with Crippen molar-refractivity contribution < 1.29 is 14.3 Å². The maximum absolute atomic E-state index is 11.9. The largest absolute Gasteiger partial charge is 0.444 e. The molecule has 0 aromatic rings. The number of alkyl carbamates (subject to hydrolysis) is 1. The summed E-state index contributed by atoms with van der Waals surface area (Å²) in [6.45, 7) is 5.38. The second-order valence-electron chi connectivity index (χ2n) is 5.57. The molecule has 2 aliphatic rings. The second kappa shape index (κ2) is 6.08. The number of fused-ring (bicyclic) bond motifs is 1. The van der Waals surface area contributed by atoms with Crippen LogP contribution in [-0.2, 0) is 9.53 Å². The number of nitrogens with one attached hydrogen (secondary N) is 1. The minimum absolute atomic E-state index is 0.0545. The standard InChI is InChI=1S/C14H16IN3O3/c1-14(2,3)21-13(20)16-7-11-17-10-5-4-8(15)6-9(10)12(19)18-11/h4-6,8H,7H2,1-3H3,(H,16,20). The number of carbonyl (C=O) groups excluding carboxylic acids is 2. The molecule has 0 aromatic heterocycles. The van der Waals surface area contributed by atoms with Crippen molar-refractivity contribution in [2.45, 2.75) is 30.3 Å². The van der Waals surface area contributed by atoms with Crippen LogP contribution in [0.4, 0.5) is 4.79 Å². The Morgan fingerprint density at radius 2 is 2.14 bits per heavy atom. The normalized spacial score (nSPS) is 21.0. The minimum atomic E-state index is -0.572. The van der Waals surface area contributed by atoms with Crippen LogP contribution in [0.3, 0.4) is 0 Å². The van der Waals surface area contributed by atoms with Gasteiger partial charge in [-0.25, -0.2) is 9.79 Å². The van der Waals surface area contributed by atoms with E-state index in [-0.39, 0.29) is 22.2 Å². The number of allylic oxidation sites excluding steroid dienone is 3. The zero-order valence-electron chi connectivity index (χ0n) is 12.0. The first-order valence-electron chi connectivity index (χ1n) is 6.46. The molecule has 2 amide bonds. The molecule has 1 aliphatic carbocycles. The van der Waals surface area contributed by atoms with E-state index in [1.54, 1.807) is 26.8 Å². The summed E-state index contributed by atoms with van der Waals surface area (Å²) in [4.78, 5) is 31.7. The fourth-order valence-electron chi connectivity index (χ4n) is 1.74. The lowest BCUT2D eigenvalue weighted by Gasteiger charge is -2.20. The van der Waals surface area contributed by atoms with Gasteiger partial charge in [0, 0.05) is 3.92 Å². The number of carbonyl (C=O) groups is 2. The third-order valence-electron chi connectivity index (χ3n) is 2.54. The summed E-state index contributed by atoms with van der Waals surface area (Å²) in [5, 5.41) is 2.54. The maximum Gasteiger partial charge on any atom is 0.408 e. The summed E-state index contributed by atoms with van der Waals surface area (Å²) < 4.78 is 5.28. The van der Waals surface area contributed by atoms with Gasteiger partial charge in [-0.05, 0) is 26.8 Å². The molecule has 6 nitrogen and oxygen atoms in total. The van der Waals surface area contributed by atoms with E-state index in [0.717, 1.165) is 0 Å². The molecular formula is C14H16IN3O3. The van der Waals surface area contributed by atoms with E-state index in [1.807, 2.05) is 12.2 Å². The van der Waals surface area contributed by atoms with E-state index >= 15 is 0 Å². The first-order chi connectivity index (χ1) is 9.74. The van der Waals surface area contributed by atoms with Crippen molar-refractivity contribution in [2.24, 2.45) is 9.98 Å². The fraction of sp³-hybridized carbons (Fsp3) is 0.429. The second-order valence-corrected chi connectivity index (χ2v) is 7.01. The number of alkyl halides is 1. The lowest BCUT2D eigenvalue weighted by Crippen LogP contribution is -2.36. The Labute approximate surface area is 136 Å². The average Bonchev–Trinajstić information content (AvgIpc) is 2.35. The van der Waals surface area contributed by atoms with Crippen LogP contribution in [-0.4, -0.2) is 39.6 Å². The molecule has 0 spiro atoms. The van der Waals surface area contributed by atoms with Crippen LogP contribution in [0.2, 0.25) is 0 Å². The average molecular weight is 401 g/mol. The quantitative estimate of drug-likeness (QED) is 0.569. The summed E-state index contributed by atoms with van der Waals surface area (Å²) in [7, 11) is 0. The van der Waals surface area contributed by atoms with Crippen molar-refractivity contribution in [3.63, 3.8) is 0 Å². The van der Waals surface area contributed by atoms with Crippen LogP contribution in [0.5, 0.6) is 0 Å². The number of hydrogen-bond acceptors (Lipinski definition) is 4. The zero-order valence-corrected chi connectivity index (χ0v) is 14.2. The molecule has 1 unspecified atom stereocenters. The molecular weight excluding hydrogens is 385 g/mol. The molecule has 0 fully saturated rings. The highest BCUT2D eigenvalue weighted by molar-refractivity contribution is 14.1. The number of ether oxygens (including phenoxy) is 1. The molecule has 0 saturated heterocycles. The molecule has 2 rings (SSSR count). The molecule has 1 atom stereocenters. The number of amidine groups is 1. The Hall–Kier alpha value is -1.51. The summed E-state index contributed by atoms with van der Waals surface area (Å²) >= 11 is 2.21. The van der Waals surface area contributed by atoms with Crippen molar-refractivity contribution in [3.05, 3.63) is 23.8 Å². The molecule has 1 heterocycles. The van der Waals surface area contributed by atoms with Gasteiger partial charge in [0.15, 0.2) is 5.84 Å². The lowest BCUT2D eigenvalue weighted by molar-refractivity contribution is -0.113. The minimum Gasteiger partial charge on any atom is -0.444 e. The molecule has 112 valence electrons. The van der Waals surface area contributed by atoms with E-state index in [1.165, 1.54) is 0 Å². The van der Waals surface area contributed by atoms with Crippen molar-refractivity contribution in [1.82, 2.24) is 5.32 Å². The van der Waals surface area contributed by atoms with Crippen LogP contribution in [0, 0.1) is 0 Å². The first-order valence-corrected chi connectivity index (χ1v) is 7.71. The van der Waals surface area contributed by atoms with Crippen LogP contribution in [0.25, 0.3) is 0 Å². The van der Waals surface area contributed by atoms with Gasteiger partial charge >= 0.3 is 6.09 Å². The van der Waals surface area contributed by atoms with E-state index < -0.39 is 11.7 Å². The third kappa shape index (κ3) is 4.48. The monoisotopic (exact) mass is 401 g/mol. The van der Waals surface area contributed by atoms with Crippen LogP contribution < -0.4 is 5.32 Å². The summed E-state index contributed by atoms with van der Waals surface area (Å²) in [5.74, 6) is -0.0541. The molecule has 21 heavy (non-hydrogen) atoms. The lowest BCUT2D eigenvalue weighted by atomic mass is 10.0. The summed E-state index contributed by atoms with van der Waals surface area (Å²) in [6, 6.07) is 0. The Morgan fingerprint density at radius 1 is 1.43 bits per heavy atom. The molecule has 7 heteroatoms. The van der Waals surface area contributed by atoms with E-state index in [0.29, 0.717) is 11.3 Å². The Kier molecular flexibility index (Phi) is 4.60. The Bertz CT molecular complexity index is 597. The van der Waals surface area contributed by atoms with Gasteiger partial charge in [0.25, 0.3) is 5.91 Å². The zero-order chi connectivity index (χ0) is 15.6. The number of hydrogen-bond donors (Lipinski definition) is 1. The van der Waals surface area contributed by atoms with E-state index in [4.69, 9.17) is 4.74 Å². The van der Waals surface area contributed by atoms with E-state index in [9.17, 15) is 9.59 Å². The Balaban J connectivity index is 2.00. The fourth-order valence-corrected chi connectivity index (χ4v) is 2.30. The number of amides is 2. The van der Waals surface area contributed by atoms with Crippen LogP contribution >= 0.6 is 22.6 Å². The highest BCUT2D eigenvalue weighted by Gasteiger charge is 2.24. The van der Waals surface area contributed by atoms with Gasteiger partial charge in [0.2, 0.25) is 0 Å². The van der Waals surface area contributed by atoms with Crippen LogP contribution in [0.1, 0.15) is 20.8 Å². The smallest absolute Gasteiger partial charge is 0.408 e. The number of halogens is 1. The van der Waals surface area contributed by atoms with Gasteiger partial charge in [0.05, 0.1) is 17.8 Å². The Morgan fingerprint density at radius 3 is 2.81 bits per heavy atom. The van der Waals surface area contributed by atoms with Gasteiger partial charge in [-0.3, -0.25) is 4.79 Å². The number of aliphatic imine (C=N–C) groups is 2. The van der Waals surface area contributed by atoms with Crippen LogP contribution in [0.15, 0.2) is 33.8 Å². The molecule has 0 saturated carbocycles.